The summed E-state index contributed by atoms with van der Waals surface area (Å²) >= 11 is 0. The fraction of sp³-hybridized carbons (Fsp3) is 0.429. The molecule has 1 aromatic carbocycles. The van der Waals surface area contributed by atoms with Gasteiger partial charge in [0.1, 0.15) is 6.33 Å². The van der Waals surface area contributed by atoms with E-state index in [1.165, 1.54) is 18.1 Å². The molecular weight excluding hydrogens is 339 g/mol. The Morgan fingerprint density at radius 1 is 1.28 bits per heavy atom. The van der Waals surface area contributed by atoms with Gasteiger partial charge < -0.3 is 10.6 Å². The third kappa shape index (κ3) is 6.75. The normalized spacial score (nSPS) is 11.6. The van der Waals surface area contributed by atoms with Gasteiger partial charge in [-0.15, -0.1) is 5.10 Å². The van der Waals surface area contributed by atoms with Crippen LogP contribution in [0, 0.1) is 0 Å². The summed E-state index contributed by atoms with van der Waals surface area (Å²) in [7, 11) is 1.39. The first kappa shape index (κ1) is 18.6. The second kappa shape index (κ2) is 8.42. The number of nitrogens with one attached hydrogen (secondary N) is 2. The zero-order valence-corrected chi connectivity index (χ0v) is 13.5. The molecule has 0 saturated carbocycles. The van der Waals surface area contributed by atoms with Crippen molar-refractivity contribution in [3.05, 3.63) is 30.6 Å². The largest absolute Gasteiger partial charge is 0.401 e. The quantitative estimate of drug-likeness (QED) is 0.736. The van der Waals surface area contributed by atoms with Crippen molar-refractivity contribution in [2.24, 2.45) is 0 Å². The van der Waals surface area contributed by atoms with Crippen LogP contribution in [0.4, 0.5) is 23.7 Å². The lowest BCUT2D eigenvalue weighted by Gasteiger charge is -2.18. The molecule has 0 bridgehead atoms. The highest BCUT2D eigenvalue weighted by atomic mass is 19.4. The molecular formula is C14H18F3N7O. The van der Waals surface area contributed by atoms with Gasteiger partial charge in [0.25, 0.3) is 0 Å². The number of halogens is 3. The van der Waals surface area contributed by atoms with Gasteiger partial charge in [-0.25, -0.2) is 9.48 Å². The summed E-state index contributed by atoms with van der Waals surface area (Å²) in [6.07, 6.45) is -2.35. The van der Waals surface area contributed by atoms with Crippen LogP contribution in [0.5, 0.6) is 0 Å². The van der Waals surface area contributed by atoms with Crippen LogP contribution in [-0.2, 0) is 0 Å². The number of urea groups is 1. The second-order valence-electron chi connectivity index (χ2n) is 5.39. The highest BCUT2D eigenvalue weighted by Crippen LogP contribution is 2.15. The molecule has 2 aromatic rings. The lowest BCUT2D eigenvalue weighted by Crippen LogP contribution is -2.34. The van der Waals surface area contributed by atoms with Crippen LogP contribution in [0.3, 0.4) is 0 Å². The van der Waals surface area contributed by atoms with E-state index >= 15 is 0 Å². The second-order valence-corrected chi connectivity index (χ2v) is 5.39. The molecule has 136 valence electrons. The van der Waals surface area contributed by atoms with Gasteiger partial charge in [0, 0.05) is 12.2 Å². The summed E-state index contributed by atoms with van der Waals surface area (Å²) < 4.78 is 38.0. The Kier molecular flexibility index (Phi) is 6.28. The SMILES string of the molecule is CN(CCCNC(=O)Nc1ccc(-n2cnnn2)cc1)CC(F)(F)F. The maximum atomic E-state index is 12.2. The average Bonchev–Trinajstić information content (AvgIpc) is 3.05. The molecule has 0 aliphatic rings. The number of alkyl halides is 3. The number of amides is 2. The van der Waals surface area contributed by atoms with Crippen molar-refractivity contribution in [1.29, 1.82) is 0 Å². The minimum absolute atomic E-state index is 0.237. The highest BCUT2D eigenvalue weighted by Gasteiger charge is 2.28. The Morgan fingerprint density at radius 3 is 2.60 bits per heavy atom. The molecule has 0 fully saturated rings. The molecule has 25 heavy (non-hydrogen) atoms. The Bertz CT molecular complexity index is 658. The van der Waals surface area contributed by atoms with Crippen LogP contribution in [0.25, 0.3) is 5.69 Å². The fourth-order valence-electron chi connectivity index (χ4n) is 2.09. The van der Waals surface area contributed by atoms with Gasteiger partial charge in [0.2, 0.25) is 0 Å². The predicted octanol–water partition coefficient (Wildman–Crippen LogP) is 1.67. The summed E-state index contributed by atoms with van der Waals surface area (Å²) in [5.41, 5.74) is 1.31. The maximum absolute atomic E-state index is 12.2. The third-order valence-electron chi connectivity index (χ3n) is 3.19. The van der Waals surface area contributed by atoms with Crippen molar-refractivity contribution in [2.45, 2.75) is 12.6 Å². The Labute approximate surface area is 142 Å². The van der Waals surface area contributed by atoms with E-state index in [9.17, 15) is 18.0 Å². The zero-order valence-electron chi connectivity index (χ0n) is 13.5. The summed E-state index contributed by atoms with van der Waals surface area (Å²) in [5.74, 6) is 0. The first-order valence-corrected chi connectivity index (χ1v) is 7.47. The number of aromatic nitrogens is 4. The molecule has 0 saturated heterocycles. The van der Waals surface area contributed by atoms with Crippen LogP contribution in [0.2, 0.25) is 0 Å². The van der Waals surface area contributed by atoms with E-state index in [4.69, 9.17) is 0 Å². The van der Waals surface area contributed by atoms with Crippen molar-refractivity contribution >= 4 is 11.7 Å². The molecule has 8 nitrogen and oxygen atoms in total. The molecule has 0 radical (unpaired) electrons. The molecule has 0 aliphatic carbocycles. The number of nitrogens with zero attached hydrogens (tertiary/aromatic N) is 5. The number of carbonyl (C=O) groups is 1. The van der Waals surface area contributed by atoms with E-state index in [0.29, 0.717) is 12.1 Å². The van der Waals surface area contributed by atoms with Crippen LogP contribution in [0.1, 0.15) is 6.42 Å². The third-order valence-corrected chi connectivity index (χ3v) is 3.19. The molecule has 2 N–H and O–H groups in total. The van der Waals surface area contributed by atoms with Crippen molar-refractivity contribution in [1.82, 2.24) is 30.4 Å². The van der Waals surface area contributed by atoms with Gasteiger partial charge in [0.05, 0.1) is 12.2 Å². The van der Waals surface area contributed by atoms with E-state index in [1.54, 1.807) is 24.3 Å². The monoisotopic (exact) mass is 357 g/mol. The molecule has 2 rings (SSSR count). The standard InChI is InChI=1S/C14H18F3N7O/c1-23(9-14(15,16)17)8-2-7-18-13(25)20-11-3-5-12(6-4-11)24-10-19-21-22-24/h3-6,10H,2,7-9H2,1H3,(H2,18,20,25). The van der Waals surface area contributed by atoms with Crippen molar-refractivity contribution in [3.8, 4) is 5.69 Å². The molecule has 1 heterocycles. The topological polar surface area (TPSA) is 88.0 Å². The predicted molar refractivity (Wildman–Crippen MR) is 84.3 cm³/mol. The fourth-order valence-corrected chi connectivity index (χ4v) is 2.09. The minimum atomic E-state index is -4.21. The van der Waals surface area contributed by atoms with Gasteiger partial charge in [-0.1, -0.05) is 0 Å². The zero-order chi connectivity index (χ0) is 18.3. The summed E-state index contributed by atoms with van der Waals surface area (Å²) in [5, 5.41) is 16.0. The molecule has 0 unspecified atom stereocenters. The van der Waals surface area contributed by atoms with Crippen LogP contribution in [-0.4, -0.2) is 64.0 Å². The maximum Gasteiger partial charge on any atom is 0.401 e. The van der Waals surface area contributed by atoms with E-state index in [2.05, 4.69) is 26.2 Å². The molecule has 2 amide bonds. The molecule has 0 spiro atoms. The van der Waals surface area contributed by atoms with Crippen LogP contribution < -0.4 is 10.6 Å². The van der Waals surface area contributed by atoms with E-state index in [1.807, 2.05) is 0 Å². The number of carbonyl (C=O) groups excluding carboxylic acids is 1. The van der Waals surface area contributed by atoms with Gasteiger partial charge in [-0.2, -0.15) is 13.2 Å². The van der Waals surface area contributed by atoms with Gasteiger partial charge >= 0.3 is 12.2 Å². The van der Waals surface area contributed by atoms with E-state index in [-0.39, 0.29) is 13.1 Å². The number of tetrazole rings is 1. The number of hydrogen-bond donors (Lipinski definition) is 2. The first-order valence-electron chi connectivity index (χ1n) is 7.47. The molecule has 11 heteroatoms. The smallest absolute Gasteiger partial charge is 0.338 e. The van der Waals surface area contributed by atoms with Crippen LogP contribution >= 0.6 is 0 Å². The summed E-state index contributed by atoms with van der Waals surface area (Å²) in [6, 6.07) is 6.42. The number of benzene rings is 1. The Hall–Kier alpha value is -2.69. The number of rotatable bonds is 7. The average molecular weight is 357 g/mol. The van der Waals surface area contributed by atoms with Gasteiger partial charge in [0.15, 0.2) is 0 Å². The van der Waals surface area contributed by atoms with E-state index in [0.717, 1.165) is 10.6 Å². The van der Waals surface area contributed by atoms with Crippen molar-refractivity contribution in [2.75, 3.05) is 32.0 Å². The molecule has 0 aliphatic heterocycles. The lowest BCUT2D eigenvalue weighted by molar-refractivity contribution is -0.143. The summed E-state index contributed by atoms with van der Waals surface area (Å²) in [6.45, 7) is -0.454. The molecule has 1 aromatic heterocycles. The first-order chi connectivity index (χ1) is 11.8. The van der Waals surface area contributed by atoms with Gasteiger partial charge in [-0.05, 0) is 54.7 Å². The summed E-state index contributed by atoms with van der Waals surface area (Å²) in [4.78, 5) is 12.9. The number of hydrogen-bond acceptors (Lipinski definition) is 5. The van der Waals surface area contributed by atoms with Gasteiger partial charge in [-0.3, -0.25) is 4.90 Å². The number of anilines is 1. The van der Waals surface area contributed by atoms with Crippen molar-refractivity contribution in [3.63, 3.8) is 0 Å². The molecule has 0 atom stereocenters. The Morgan fingerprint density at radius 2 is 2.00 bits per heavy atom. The van der Waals surface area contributed by atoms with Crippen LogP contribution in [0.15, 0.2) is 30.6 Å². The van der Waals surface area contributed by atoms with E-state index < -0.39 is 18.8 Å². The highest BCUT2D eigenvalue weighted by molar-refractivity contribution is 5.89. The Balaban J connectivity index is 1.68. The minimum Gasteiger partial charge on any atom is -0.338 e. The van der Waals surface area contributed by atoms with Crippen molar-refractivity contribution < 1.29 is 18.0 Å². The lowest BCUT2D eigenvalue weighted by atomic mass is 10.3.